The number of hydrazone groups is 1. The van der Waals surface area contributed by atoms with Crippen LogP contribution in [0, 0.1) is 0 Å². The van der Waals surface area contributed by atoms with Crippen LogP contribution < -0.4 is 15.5 Å². The Morgan fingerprint density at radius 3 is 2.57 bits per heavy atom. The molecular weight excluding hydrogens is 282 g/mol. The van der Waals surface area contributed by atoms with Gasteiger partial charge in [0.25, 0.3) is 0 Å². The van der Waals surface area contributed by atoms with Crippen molar-refractivity contribution in [2.24, 2.45) is 5.10 Å². The Bertz CT molecular complexity index is 492. The summed E-state index contributed by atoms with van der Waals surface area (Å²) in [7, 11) is 1.65. The van der Waals surface area contributed by atoms with Gasteiger partial charge in [0.05, 0.1) is 7.11 Å². The molecule has 4 nitrogen and oxygen atoms in total. The predicted molar refractivity (Wildman–Crippen MR) is 92.1 cm³/mol. The van der Waals surface area contributed by atoms with E-state index in [-0.39, 0.29) is 0 Å². The van der Waals surface area contributed by atoms with Crippen molar-refractivity contribution >= 4 is 28.7 Å². The average Bonchev–Trinajstić information content (AvgIpc) is 2.46. The van der Waals surface area contributed by atoms with Gasteiger partial charge in [-0.2, -0.15) is 5.10 Å². The number of anilines is 1. The minimum Gasteiger partial charge on any atom is -0.497 e. The van der Waals surface area contributed by atoms with Crippen molar-refractivity contribution in [2.75, 3.05) is 12.4 Å². The summed E-state index contributed by atoms with van der Waals surface area (Å²) >= 11 is 5.27. The van der Waals surface area contributed by atoms with E-state index in [0.717, 1.165) is 24.3 Å². The maximum atomic E-state index is 5.27. The Morgan fingerprint density at radius 1 is 1.14 bits per heavy atom. The number of methoxy groups -OCH3 is 1. The van der Waals surface area contributed by atoms with Gasteiger partial charge in [-0.1, -0.05) is 25.3 Å². The first-order valence-corrected chi connectivity index (χ1v) is 7.95. The molecule has 1 aromatic carbocycles. The first kappa shape index (κ1) is 15.8. The maximum absolute atomic E-state index is 5.27. The molecule has 0 saturated heterocycles. The molecular formula is C16H23N3OS. The minimum atomic E-state index is 0.512. The minimum absolute atomic E-state index is 0.512. The molecule has 1 saturated carbocycles. The second-order valence-corrected chi connectivity index (χ2v) is 5.65. The second-order valence-electron chi connectivity index (χ2n) is 5.24. The van der Waals surface area contributed by atoms with Crippen LogP contribution in [0.5, 0.6) is 5.75 Å². The zero-order valence-corrected chi connectivity index (χ0v) is 13.3. The quantitative estimate of drug-likeness (QED) is 0.652. The highest BCUT2D eigenvalue weighted by Crippen LogP contribution is 2.17. The van der Waals surface area contributed by atoms with Crippen LogP contribution in [0.2, 0.25) is 0 Å². The molecule has 114 valence electrons. The van der Waals surface area contributed by atoms with Crippen LogP contribution in [-0.2, 0) is 0 Å². The molecule has 1 aliphatic rings. The normalized spacial score (nSPS) is 15.6. The third-order valence-electron chi connectivity index (χ3n) is 3.57. The molecule has 1 aliphatic carbocycles. The van der Waals surface area contributed by atoms with Gasteiger partial charge < -0.3 is 10.1 Å². The van der Waals surface area contributed by atoms with Crippen LogP contribution in [0.1, 0.15) is 44.9 Å². The highest BCUT2D eigenvalue weighted by atomic mass is 32.1. The lowest BCUT2D eigenvalue weighted by atomic mass is 9.99. The maximum Gasteiger partial charge on any atom is 0.191 e. The first-order chi connectivity index (χ1) is 10.3. The molecule has 0 amide bonds. The molecule has 1 aromatic rings. The number of benzene rings is 1. The molecule has 0 spiro atoms. The molecule has 0 bridgehead atoms. The number of thiocarbonyl (C=S) groups is 1. The van der Waals surface area contributed by atoms with E-state index in [4.69, 9.17) is 17.0 Å². The van der Waals surface area contributed by atoms with Crippen LogP contribution in [0.25, 0.3) is 0 Å². The van der Waals surface area contributed by atoms with E-state index in [1.165, 1.54) is 37.8 Å². The van der Waals surface area contributed by atoms with Crippen molar-refractivity contribution in [2.45, 2.75) is 44.9 Å². The lowest BCUT2D eigenvalue weighted by Gasteiger charge is -2.12. The summed E-state index contributed by atoms with van der Waals surface area (Å²) in [6.07, 6.45) is 8.60. The molecule has 2 N–H and O–H groups in total. The zero-order chi connectivity index (χ0) is 14.9. The predicted octanol–water partition coefficient (Wildman–Crippen LogP) is 4.08. The van der Waals surface area contributed by atoms with Gasteiger partial charge in [-0.25, -0.2) is 0 Å². The number of nitrogens with one attached hydrogen (secondary N) is 2. The highest BCUT2D eigenvalue weighted by Gasteiger charge is 2.05. The average molecular weight is 305 g/mol. The summed E-state index contributed by atoms with van der Waals surface area (Å²) in [6, 6.07) is 7.66. The Hall–Kier alpha value is -1.62. The topological polar surface area (TPSA) is 45.6 Å². The van der Waals surface area contributed by atoms with E-state index in [1.807, 2.05) is 24.3 Å². The van der Waals surface area contributed by atoms with Gasteiger partial charge in [-0.3, -0.25) is 5.43 Å². The largest absolute Gasteiger partial charge is 0.497 e. The van der Waals surface area contributed by atoms with Crippen molar-refractivity contribution in [3.05, 3.63) is 24.3 Å². The van der Waals surface area contributed by atoms with Crippen LogP contribution in [-0.4, -0.2) is 17.9 Å². The number of nitrogens with zero attached hydrogens (tertiary/aromatic N) is 1. The van der Waals surface area contributed by atoms with Crippen LogP contribution in [0.3, 0.4) is 0 Å². The number of hydrogen-bond acceptors (Lipinski definition) is 3. The van der Waals surface area contributed by atoms with E-state index in [1.54, 1.807) is 7.11 Å². The van der Waals surface area contributed by atoms with Crippen LogP contribution in [0.4, 0.5) is 5.69 Å². The summed E-state index contributed by atoms with van der Waals surface area (Å²) in [4.78, 5) is 0. The molecule has 0 atom stereocenters. The lowest BCUT2D eigenvalue weighted by molar-refractivity contribution is 0.415. The van der Waals surface area contributed by atoms with E-state index >= 15 is 0 Å². The molecule has 0 heterocycles. The van der Waals surface area contributed by atoms with Gasteiger partial charge in [0.2, 0.25) is 0 Å². The molecule has 5 heteroatoms. The monoisotopic (exact) mass is 305 g/mol. The fourth-order valence-electron chi connectivity index (χ4n) is 2.41. The summed E-state index contributed by atoms with van der Waals surface area (Å²) in [6.45, 7) is 0. The third kappa shape index (κ3) is 5.71. The fourth-order valence-corrected chi connectivity index (χ4v) is 2.58. The fraction of sp³-hybridized carbons (Fsp3) is 0.500. The standard InChI is InChI=1S/C16H23N3OS/c1-20-15-11-7-10-14(12-15)17-16(21)19-18-13-8-5-3-2-4-6-9-13/h7,10-12H,2-6,8-9H2,1H3,(H2,17,19,21). The van der Waals surface area contributed by atoms with Gasteiger partial charge in [0.1, 0.15) is 5.75 Å². The smallest absolute Gasteiger partial charge is 0.191 e. The molecule has 0 aromatic heterocycles. The molecule has 2 rings (SSSR count). The first-order valence-electron chi connectivity index (χ1n) is 7.54. The van der Waals surface area contributed by atoms with Gasteiger partial charge in [0.15, 0.2) is 5.11 Å². The van der Waals surface area contributed by atoms with Crippen molar-refractivity contribution in [1.29, 1.82) is 0 Å². The van der Waals surface area contributed by atoms with Gasteiger partial charge >= 0.3 is 0 Å². The molecule has 0 radical (unpaired) electrons. The number of ether oxygens (including phenoxy) is 1. The zero-order valence-electron chi connectivity index (χ0n) is 12.5. The lowest BCUT2D eigenvalue weighted by Crippen LogP contribution is -2.25. The van der Waals surface area contributed by atoms with Crippen molar-refractivity contribution in [3.8, 4) is 5.75 Å². The summed E-state index contributed by atoms with van der Waals surface area (Å²) in [5.41, 5.74) is 5.07. The van der Waals surface area contributed by atoms with E-state index < -0.39 is 0 Å². The van der Waals surface area contributed by atoms with Crippen LogP contribution >= 0.6 is 12.2 Å². The molecule has 1 fully saturated rings. The molecule has 0 aliphatic heterocycles. The van der Waals surface area contributed by atoms with Gasteiger partial charge in [-0.15, -0.1) is 0 Å². The summed E-state index contributed by atoms with van der Waals surface area (Å²) in [5, 5.41) is 8.08. The summed E-state index contributed by atoms with van der Waals surface area (Å²) < 4.78 is 5.19. The number of hydrogen-bond donors (Lipinski definition) is 2. The van der Waals surface area contributed by atoms with Crippen molar-refractivity contribution in [1.82, 2.24) is 5.43 Å². The van der Waals surface area contributed by atoms with Crippen LogP contribution in [0.15, 0.2) is 29.4 Å². The van der Waals surface area contributed by atoms with Crippen molar-refractivity contribution < 1.29 is 4.74 Å². The van der Waals surface area contributed by atoms with E-state index in [0.29, 0.717) is 5.11 Å². The molecule has 0 unspecified atom stereocenters. The Morgan fingerprint density at radius 2 is 1.86 bits per heavy atom. The van der Waals surface area contributed by atoms with Crippen molar-refractivity contribution in [3.63, 3.8) is 0 Å². The SMILES string of the molecule is COc1cccc(NC(=S)NN=C2CCCCCCC2)c1. The second kappa shape index (κ2) is 8.62. The Kier molecular flexibility index (Phi) is 6.47. The Balaban J connectivity index is 1.85. The summed E-state index contributed by atoms with van der Waals surface area (Å²) in [5.74, 6) is 0.800. The van der Waals surface area contributed by atoms with Gasteiger partial charge in [-0.05, 0) is 50.0 Å². The molecule has 21 heavy (non-hydrogen) atoms. The Labute approximate surface area is 132 Å². The third-order valence-corrected chi connectivity index (χ3v) is 3.77. The van der Waals surface area contributed by atoms with E-state index in [9.17, 15) is 0 Å². The highest BCUT2D eigenvalue weighted by molar-refractivity contribution is 7.80. The number of rotatable bonds is 3. The van der Waals surface area contributed by atoms with E-state index in [2.05, 4.69) is 15.8 Å². The van der Waals surface area contributed by atoms with Gasteiger partial charge in [0, 0.05) is 17.5 Å².